The van der Waals surface area contributed by atoms with Crippen molar-refractivity contribution in [3.63, 3.8) is 0 Å². The van der Waals surface area contributed by atoms with Crippen LogP contribution in [0.15, 0.2) is 12.2 Å². The Morgan fingerprint density at radius 1 is 0.947 bits per heavy atom. The van der Waals surface area contributed by atoms with Crippen molar-refractivity contribution < 1.29 is 9.53 Å². The van der Waals surface area contributed by atoms with Gasteiger partial charge in [0.1, 0.15) is 0 Å². The molecule has 0 heterocycles. The van der Waals surface area contributed by atoms with Gasteiger partial charge in [-0.2, -0.15) is 0 Å². The monoisotopic (exact) mass is 269 g/mol. The lowest BCUT2D eigenvalue weighted by atomic mass is 10.1. The maximum atomic E-state index is 11.1. The molecule has 0 aliphatic carbocycles. The molecule has 0 N–H and O–H groups in total. The largest absolute Gasteiger partial charge is 0.462 e. The average Bonchev–Trinajstić information content (AvgIpc) is 2.35. The van der Waals surface area contributed by atoms with Gasteiger partial charge in [-0.15, -0.1) is 0 Å². The molecular formula is C16H31NO2. The van der Waals surface area contributed by atoms with Crippen molar-refractivity contribution >= 4 is 5.97 Å². The van der Waals surface area contributed by atoms with E-state index in [0.717, 1.165) is 12.8 Å². The molecule has 0 rings (SSSR count). The average molecular weight is 269 g/mol. The number of ether oxygens (including phenoxy) is 1. The van der Waals surface area contributed by atoms with Crippen molar-refractivity contribution in [1.82, 2.24) is 4.90 Å². The maximum Gasteiger partial charge on any atom is 0.333 e. The van der Waals surface area contributed by atoms with Gasteiger partial charge < -0.3 is 9.64 Å². The molecule has 19 heavy (non-hydrogen) atoms. The predicted octanol–water partition coefficient (Wildman–Crippen LogP) is 3.79. The quantitative estimate of drug-likeness (QED) is 0.307. The summed E-state index contributed by atoms with van der Waals surface area (Å²) in [6.07, 6.45) is 10.0. The Balaban J connectivity index is 3.11. The molecule has 0 aliphatic heterocycles. The molecule has 0 radical (unpaired) electrons. The summed E-state index contributed by atoms with van der Waals surface area (Å²) in [7, 11) is 4.25. The lowest BCUT2D eigenvalue weighted by Gasteiger charge is -2.08. The first kappa shape index (κ1) is 18.2. The van der Waals surface area contributed by atoms with E-state index in [-0.39, 0.29) is 5.97 Å². The van der Waals surface area contributed by atoms with Crippen LogP contribution in [0.5, 0.6) is 0 Å². The molecule has 0 aromatic carbocycles. The van der Waals surface area contributed by atoms with Gasteiger partial charge in [-0.25, -0.2) is 4.79 Å². The number of hydrogen-bond acceptors (Lipinski definition) is 3. The van der Waals surface area contributed by atoms with Gasteiger partial charge in [0.15, 0.2) is 0 Å². The molecule has 0 saturated heterocycles. The molecule has 0 aliphatic rings. The zero-order valence-electron chi connectivity index (χ0n) is 13.0. The second-order valence-electron chi connectivity index (χ2n) is 5.55. The van der Waals surface area contributed by atoms with E-state index in [1.54, 1.807) is 6.92 Å². The summed E-state index contributed by atoms with van der Waals surface area (Å²) in [4.78, 5) is 13.3. The highest BCUT2D eigenvalue weighted by Crippen LogP contribution is 2.09. The van der Waals surface area contributed by atoms with Gasteiger partial charge in [0.25, 0.3) is 0 Å². The number of nitrogens with zero attached hydrogens (tertiary/aromatic N) is 1. The number of rotatable bonds is 12. The highest BCUT2D eigenvalue weighted by atomic mass is 16.5. The third-order valence-corrected chi connectivity index (χ3v) is 3.08. The van der Waals surface area contributed by atoms with E-state index >= 15 is 0 Å². The number of unbranched alkanes of at least 4 members (excludes halogenated alkanes) is 7. The first-order chi connectivity index (χ1) is 9.04. The SMILES string of the molecule is C=C(C)C(=O)OCCCCCCCCCCN(C)C. The third-order valence-electron chi connectivity index (χ3n) is 3.08. The van der Waals surface area contributed by atoms with Crippen LogP contribution in [-0.4, -0.2) is 38.1 Å². The van der Waals surface area contributed by atoms with Gasteiger partial charge in [0.05, 0.1) is 6.61 Å². The number of carbonyl (C=O) groups is 1. The van der Waals surface area contributed by atoms with Gasteiger partial charge >= 0.3 is 5.97 Å². The lowest BCUT2D eigenvalue weighted by Crippen LogP contribution is -2.12. The maximum absolute atomic E-state index is 11.1. The van der Waals surface area contributed by atoms with Crippen molar-refractivity contribution in [2.24, 2.45) is 0 Å². The minimum Gasteiger partial charge on any atom is -0.462 e. The van der Waals surface area contributed by atoms with Gasteiger partial charge in [-0.3, -0.25) is 0 Å². The fourth-order valence-electron chi connectivity index (χ4n) is 1.88. The molecule has 112 valence electrons. The Kier molecular flexibility index (Phi) is 11.7. The summed E-state index contributed by atoms with van der Waals surface area (Å²) in [5.41, 5.74) is 0.484. The van der Waals surface area contributed by atoms with E-state index in [4.69, 9.17) is 4.74 Å². The van der Waals surface area contributed by atoms with Crippen molar-refractivity contribution in [2.45, 2.75) is 58.3 Å². The molecule has 0 aromatic heterocycles. The van der Waals surface area contributed by atoms with Crippen LogP contribution < -0.4 is 0 Å². The zero-order chi connectivity index (χ0) is 14.5. The Bertz CT molecular complexity index is 249. The molecule has 0 atom stereocenters. The van der Waals surface area contributed by atoms with Crippen LogP contribution in [0.3, 0.4) is 0 Å². The Morgan fingerprint density at radius 3 is 1.89 bits per heavy atom. The fourth-order valence-corrected chi connectivity index (χ4v) is 1.88. The van der Waals surface area contributed by atoms with Gasteiger partial charge in [-0.1, -0.05) is 45.1 Å². The van der Waals surface area contributed by atoms with E-state index in [0.29, 0.717) is 12.2 Å². The fraction of sp³-hybridized carbons (Fsp3) is 0.812. The molecule has 0 aromatic rings. The van der Waals surface area contributed by atoms with Crippen LogP contribution in [0.2, 0.25) is 0 Å². The van der Waals surface area contributed by atoms with E-state index < -0.39 is 0 Å². The first-order valence-corrected chi connectivity index (χ1v) is 7.51. The topological polar surface area (TPSA) is 29.5 Å². The summed E-state index contributed by atoms with van der Waals surface area (Å²) in [6.45, 7) is 6.97. The van der Waals surface area contributed by atoms with Crippen LogP contribution >= 0.6 is 0 Å². The molecule has 0 saturated carbocycles. The standard InChI is InChI=1S/C16H31NO2/c1-15(2)16(18)19-14-12-10-8-6-5-7-9-11-13-17(3)4/h1,5-14H2,2-4H3. The number of hydrogen-bond donors (Lipinski definition) is 0. The van der Waals surface area contributed by atoms with Crippen molar-refractivity contribution in [2.75, 3.05) is 27.2 Å². The van der Waals surface area contributed by atoms with E-state index in [1.165, 1.54) is 45.1 Å². The van der Waals surface area contributed by atoms with Crippen LogP contribution in [0.4, 0.5) is 0 Å². The molecule has 0 fully saturated rings. The third kappa shape index (κ3) is 13.4. The zero-order valence-corrected chi connectivity index (χ0v) is 13.0. The van der Waals surface area contributed by atoms with Crippen LogP contribution in [0.1, 0.15) is 58.3 Å². The molecule has 3 nitrogen and oxygen atoms in total. The molecular weight excluding hydrogens is 238 g/mol. The normalized spacial score (nSPS) is 10.7. The summed E-state index contributed by atoms with van der Waals surface area (Å²) < 4.78 is 5.04. The molecule has 3 heteroatoms. The molecule has 0 bridgehead atoms. The first-order valence-electron chi connectivity index (χ1n) is 7.51. The Hall–Kier alpha value is -0.830. The lowest BCUT2D eigenvalue weighted by molar-refractivity contribution is -0.139. The highest BCUT2D eigenvalue weighted by molar-refractivity contribution is 5.86. The number of carbonyl (C=O) groups excluding carboxylic acids is 1. The summed E-state index contributed by atoms with van der Waals surface area (Å²) in [5.74, 6) is -0.263. The minimum absolute atomic E-state index is 0.263. The van der Waals surface area contributed by atoms with E-state index in [1.807, 2.05) is 0 Å². The Labute approximate surface area is 119 Å². The van der Waals surface area contributed by atoms with Crippen LogP contribution in [0.25, 0.3) is 0 Å². The minimum atomic E-state index is -0.263. The van der Waals surface area contributed by atoms with Crippen molar-refractivity contribution in [1.29, 1.82) is 0 Å². The second kappa shape index (κ2) is 12.2. The van der Waals surface area contributed by atoms with Crippen molar-refractivity contribution in [3.05, 3.63) is 12.2 Å². The smallest absolute Gasteiger partial charge is 0.333 e. The van der Waals surface area contributed by atoms with Crippen LogP contribution in [-0.2, 0) is 9.53 Å². The molecule has 0 unspecified atom stereocenters. The molecule has 0 spiro atoms. The predicted molar refractivity (Wildman–Crippen MR) is 81.3 cm³/mol. The second-order valence-corrected chi connectivity index (χ2v) is 5.55. The van der Waals surface area contributed by atoms with Crippen molar-refractivity contribution in [3.8, 4) is 0 Å². The number of esters is 1. The molecule has 0 amide bonds. The highest BCUT2D eigenvalue weighted by Gasteiger charge is 2.01. The van der Waals surface area contributed by atoms with Gasteiger partial charge in [-0.05, 0) is 40.4 Å². The van der Waals surface area contributed by atoms with E-state index in [2.05, 4.69) is 25.6 Å². The van der Waals surface area contributed by atoms with Gasteiger partial charge in [0.2, 0.25) is 0 Å². The summed E-state index contributed by atoms with van der Waals surface area (Å²) >= 11 is 0. The van der Waals surface area contributed by atoms with E-state index in [9.17, 15) is 4.79 Å². The summed E-state index contributed by atoms with van der Waals surface area (Å²) in [6, 6.07) is 0. The Morgan fingerprint density at radius 2 is 1.42 bits per heavy atom. The van der Waals surface area contributed by atoms with Gasteiger partial charge in [0, 0.05) is 5.57 Å². The van der Waals surface area contributed by atoms with Crippen LogP contribution in [0, 0.1) is 0 Å². The summed E-state index contributed by atoms with van der Waals surface area (Å²) in [5, 5.41) is 0.